The van der Waals surface area contributed by atoms with Crippen LogP contribution in [0, 0.1) is 6.92 Å². The van der Waals surface area contributed by atoms with E-state index in [-0.39, 0.29) is 5.91 Å². The number of hydrogen-bond donors (Lipinski definition) is 1. The summed E-state index contributed by atoms with van der Waals surface area (Å²) >= 11 is 0. The summed E-state index contributed by atoms with van der Waals surface area (Å²) < 4.78 is 5.09. The molecule has 0 unspecified atom stereocenters. The summed E-state index contributed by atoms with van der Waals surface area (Å²) in [6.45, 7) is 4.20. The van der Waals surface area contributed by atoms with Crippen LogP contribution in [0.25, 0.3) is 0 Å². The molecule has 21 heavy (non-hydrogen) atoms. The SMILES string of the molecule is CCc1noc(C)c1C(=O)NCc1ccc(N(C)C)cc1. The molecule has 0 atom stereocenters. The summed E-state index contributed by atoms with van der Waals surface area (Å²) in [5.41, 5.74) is 3.45. The highest BCUT2D eigenvalue weighted by Crippen LogP contribution is 2.15. The van der Waals surface area contributed by atoms with Crippen molar-refractivity contribution in [3.05, 3.63) is 46.8 Å². The molecule has 1 N–H and O–H groups in total. The van der Waals surface area contributed by atoms with Crippen LogP contribution in [-0.4, -0.2) is 25.2 Å². The molecule has 1 heterocycles. The van der Waals surface area contributed by atoms with Crippen molar-refractivity contribution >= 4 is 11.6 Å². The maximum atomic E-state index is 12.2. The topological polar surface area (TPSA) is 58.4 Å². The molecule has 0 radical (unpaired) electrons. The molecule has 0 saturated heterocycles. The van der Waals surface area contributed by atoms with E-state index in [0.29, 0.717) is 30.0 Å². The molecule has 0 fully saturated rings. The fraction of sp³-hybridized carbons (Fsp3) is 0.375. The molecule has 2 rings (SSSR count). The molecule has 0 aliphatic rings. The molecule has 0 aliphatic heterocycles. The van der Waals surface area contributed by atoms with Crippen LogP contribution >= 0.6 is 0 Å². The van der Waals surface area contributed by atoms with Crippen LogP contribution in [0.5, 0.6) is 0 Å². The number of nitrogens with zero attached hydrogens (tertiary/aromatic N) is 2. The first-order chi connectivity index (χ1) is 10.0. The minimum absolute atomic E-state index is 0.137. The summed E-state index contributed by atoms with van der Waals surface area (Å²) in [6.07, 6.45) is 0.678. The number of anilines is 1. The van der Waals surface area contributed by atoms with E-state index in [4.69, 9.17) is 4.52 Å². The normalized spacial score (nSPS) is 10.5. The molecule has 0 spiro atoms. The molecule has 2 aromatic rings. The number of carbonyl (C=O) groups excluding carboxylic acids is 1. The van der Waals surface area contributed by atoms with Gasteiger partial charge in [0.1, 0.15) is 11.3 Å². The van der Waals surface area contributed by atoms with Gasteiger partial charge in [0.2, 0.25) is 0 Å². The summed E-state index contributed by atoms with van der Waals surface area (Å²) in [4.78, 5) is 14.3. The van der Waals surface area contributed by atoms with E-state index in [0.717, 1.165) is 11.3 Å². The van der Waals surface area contributed by atoms with Gasteiger partial charge in [-0.05, 0) is 31.0 Å². The number of hydrogen-bond acceptors (Lipinski definition) is 4. The van der Waals surface area contributed by atoms with Gasteiger partial charge in [-0.3, -0.25) is 4.79 Å². The average Bonchev–Trinajstić information content (AvgIpc) is 2.86. The minimum atomic E-state index is -0.137. The van der Waals surface area contributed by atoms with Crippen molar-refractivity contribution in [2.45, 2.75) is 26.8 Å². The first-order valence-corrected chi connectivity index (χ1v) is 7.02. The summed E-state index contributed by atoms with van der Waals surface area (Å²) in [5, 5.41) is 6.81. The Hall–Kier alpha value is -2.30. The van der Waals surface area contributed by atoms with Crippen LogP contribution in [0.2, 0.25) is 0 Å². The van der Waals surface area contributed by atoms with Gasteiger partial charge in [0.15, 0.2) is 0 Å². The van der Waals surface area contributed by atoms with Crippen LogP contribution in [0.3, 0.4) is 0 Å². The largest absolute Gasteiger partial charge is 0.378 e. The van der Waals surface area contributed by atoms with E-state index in [1.54, 1.807) is 6.92 Å². The Balaban J connectivity index is 2.02. The van der Waals surface area contributed by atoms with Crippen LogP contribution in [0.4, 0.5) is 5.69 Å². The van der Waals surface area contributed by atoms with Crippen LogP contribution < -0.4 is 10.2 Å². The van der Waals surface area contributed by atoms with Crippen molar-refractivity contribution in [1.29, 1.82) is 0 Å². The van der Waals surface area contributed by atoms with Crippen molar-refractivity contribution in [2.75, 3.05) is 19.0 Å². The summed E-state index contributed by atoms with van der Waals surface area (Å²) in [7, 11) is 4.00. The third-order valence-electron chi connectivity index (χ3n) is 3.40. The number of nitrogens with one attached hydrogen (secondary N) is 1. The number of rotatable bonds is 5. The van der Waals surface area contributed by atoms with E-state index in [9.17, 15) is 4.79 Å². The van der Waals surface area contributed by atoms with Crippen molar-refractivity contribution in [3.8, 4) is 0 Å². The van der Waals surface area contributed by atoms with Crippen LogP contribution in [-0.2, 0) is 13.0 Å². The molecule has 0 bridgehead atoms. The van der Waals surface area contributed by atoms with E-state index < -0.39 is 0 Å². The van der Waals surface area contributed by atoms with Gasteiger partial charge in [0.25, 0.3) is 5.91 Å². The van der Waals surface area contributed by atoms with Crippen molar-refractivity contribution in [2.24, 2.45) is 0 Å². The quantitative estimate of drug-likeness (QED) is 0.918. The maximum Gasteiger partial charge on any atom is 0.257 e. The smallest absolute Gasteiger partial charge is 0.257 e. The van der Waals surface area contributed by atoms with Gasteiger partial charge in [-0.1, -0.05) is 24.2 Å². The fourth-order valence-corrected chi connectivity index (χ4v) is 2.13. The Morgan fingerprint density at radius 3 is 2.52 bits per heavy atom. The molecule has 1 aromatic heterocycles. The van der Waals surface area contributed by atoms with Crippen molar-refractivity contribution < 1.29 is 9.32 Å². The second kappa shape index (κ2) is 6.43. The van der Waals surface area contributed by atoms with Gasteiger partial charge < -0.3 is 14.7 Å². The number of benzene rings is 1. The third kappa shape index (κ3) is 3.42. The summed E-state index contributed by atoms with van der Waals surface area (Å²) in [6, 6.07) is 8.08. The monoisotopic (exact) mass is 287 g/mol. The first-order valence-electron chi connectivity index (χ1n) is 7.02. The highest BCUT2D eigenvalue weighted by molar-refractivity contribution is 5.96. The minimum Gasteiger partial charge on any atom is -0.378 e. The fourth-order valence-electron chi connectivity index (χ4n) is 2.13. The zero-order chi connectivity index (χ0) is 15.4. The predicted octanol–water partition coefficient (Wildman–Crippen LogP) is 2.54. The number of aryl methyl sites for hydroxylation is 2. The lowest BCUT2D eigenvalue weighted by Crippen LogP contribution is -2.24. The zero-order valence-electron chi connectivity index (χ0n) is 12.9. The van der Waals surface area contributed by atoms with E-state index >= 15 is 0 Å². The third-order valence-corrected chi connectivity index (χ3v) is 3.40. The Labute approximate surface area is 124 Å². The first kappa shape index (κ1) is 15.1. The standard InChI is InChI=1S/C16H21N3O2/c1-5-14-15(11(2)21-18-14)16(20)17-10-12-6-8-13(9-7-12)19(3)4/h6-9H,5,10H2,1-4H3,(H,17,20). The average molecular weight is 287 g/mol. The number of aromatic nitrogens is 1. The Bertz CT molecular complexity index is 615. The van der Waals surface area contributed by atoms with Crippen molar-refractivity contribution in [1.82, 2.24) is 10.5 Å². The van der Waals surface area contributed by atoms with Gasteiger partial charge >= 0.3 is 0 Å². The lowest BCUT2D eigenvalue weighted by Gasteiger charge is -2.13. The lowest BCUT2D eigenvalue weighted by molar-refractivity contribution is 0.0948. The second-order valence-corrected chi connectivity index (χ2v) is 5.16. The maximum absolute atomic E-state index is 12.2. The highest BCUT2D eigenvalue weighted by atomic mass is 16.5. The molecule has 112 valence electrons. The Morgan fingerprint density at radius 2 is 1.95 bits per heavy atom. The predicted molar refractivity (Wildman–Crippen MR) is 82.6 cm³/mol. The zero-order valence-corrected chi connectivity index (χ0v) is 12.9. The van der Waals surface area contributed by atoms with Crippen LogP contribution in [0.1, 0.15) is 34.3 Å². The van der Waals surface area contributed by atoms with Gasteiger partial charge in [-0.2, -0.15) is 0 Å². The van der Waals surface area contributed by atoms with Gasteiger partial charge in [-0.25, -0.2) is 0 Å². The van der Waals surface area contributed by atoms with Gasteiger partial charge in [0.05, 0.1) is 5.69 Å². The van der Waals surface area contributed by atoms with E-state index in [2.05, 4.69) is 10.5 Å². The second-order valence-electron chi connectivity index (χ2n) is 5.16. The molecule has 0 saturated carbocycles. The molecular weight excluding hydrogens is 266 g/mol. The molecule has 5 nitrogen and oxygen atoms in total. The molecule has 5 heteroatoms. The highest BCUT2D eigenvalue weighted by Gasteiger charge is 2.18. The lowest BCUT2D eigenvalue weighted by atomic mass is 10.1. The Kier molecular flexibility index (Phi) is 4.62. The molecule has 1 aromatic carbocycles. The molecule has 1 amide bonds. The van der Waals surface area contributed by atoms with E-state index in [1.807, 2.05) is 50.2 Å². The number of amides is 1. The van der Waals surface area contributed by atoms with Crippen LogP contribution in [0.15, 0.2) is 28.8 Å². The van der Waals surface area contributed by atoms with Gasteiger partial charge in [0, 0.05) is 26.3 Å². The van der Waals surface area contributed by atoms with Crippen molar-refractivity contribution in [3.63, 3.8) is 0 Å². The molecule has 0 aliphatic carbocycles. The summed E-state index contributed by atoms with van der Waals surface area (Å²) in [5.74, 6) is 0.426. The molecular formula is C16H21N3O2. The van der Waals surface area contributed by atoms with E-state index in [1.165, 1.54) is 0 Å². The van der Waals surface area contributed by atoms with Gasteiger partial charge in [-0.15, -0.1) is 0 Å². The Morgan fingerprint density at radius 1 is 1.29 bits per heavy atom. The number of carbonyl (C=O) groups is 1.